The standard InChI is InChI=1S/C9H10O3.C2H6O2.Y/c1-7(11)8-2-4-9(5-3-8)12-6-10;1-4-2-3;/h2-5,10H,6H2,1H3;3H,2H2,1H3;. The number of hydrogen-bond acceptors (Lipinski definition) is 5. The van der Waals surface area contributed by atoms with E-state index in [1.165, 1.54) is 14.0 Å². The van der Waals surface area contributed by atoms with E-state index < -0.39 is 0 Å². The van der Waals surface area contributed by atoms with E-state index in [4.69, 9.17) is 14.9 Å². The monoisotopic (exact) mass is 317 g/mol. The number of carbonyl (C=O) groups excluding carboxylic acids is 1. The van der Waals surface area contributed by atoms with Crippen LogP contribution in [0, 0.1) is 0 Å². The normalized spacial score (nSPS) is 8.47. The summed E-state index contributed by atoms with van der Waals surface area (Å²) >= 11 is 0. The topological polar surface area (TPSA) is 76.0 Å². The molecule has 1 radical (unpaired) electrons. The van der Waals surface area contributed by atoms with Crippen LogP contribution in [0.3, 0.4) is 0 Å². The molecule has 1 aromatic rings. The Hall–Kier alpha value is -0.326. The van der Waals surface area contributed by atoms with Crippen molar-refractivity contribution in [2.75, 3.05) is 20.7 Å². The first-order chi connectivity index (χ1) is 7.65. The molecule has 5 nitrogen and oxygen atoms in total. The first kappa shape index (κ1) is 19.0. The van der Waals surface area contributed by atoms with Gasteiger partial charge in [-0.1, -0.05) is 0 Å². The van der Waals surface area contributed by atoms with Gasteiger partial charge < -0.3 is 19.7 Å². The second kappa shape index (κ2) is 12.1. The van der Waals surface area contributed by atoms with Crippen LogP contribution in [-0.2, 0) is 37.4 Å². The van der Waals surface area contributed by atoms with Gasteiger partial charge in [0.2, 0.25) is 0 Å². The predicted octanol–water partition coefficient (Wildman–Crippen LogP) is 0.798. The first-order valence-electron chi connectivity index (χ1n) is 4.60. The molecule has 0 amide bonds. The van der Waals surface area contributed by atoms with Gasteiger partial charge in [-0.05, 0) is 31.2 Å². The Balaban J connectivity index is 0. The molecule has 0 bridgehead atoms. The number of aliphatic hydroxyl groups is 2. The third-order valence-electron chi connectivity index (χ3n) is 1.62. The van der Waals surface area contributed by atoms with Gasteiger partial charge in [-0.3, -0.25) is 4.79 Å². The number of ketones is 1. The number of benzene rings is 1. The maximum absolute atomic E-state index is 10.8. The Labute approximate surface area is 126 Å². The van der Waals surface area contributed by atoms with Crippen LogP contribution in [0.5, 0.6) is 5.75 Å². The molecule has 17 heavy (non-hydrogen) atoms. The van der Waals surface area contributed by atoms with E-state index in [9.17, 15) is 4.79 Å². The summed E-state index contributed by atoms with van der Waals surface area (Å²) in [6.07, 6.45) is 0. The van der Waals surface area contributed by atoms with E-state index in [1.807, 2.05) is 0 Å². The van der Waals surface area contributed by atoms with E-state index >= 15 is 0 Å². The minimum atomic E-state index is -0.348. The van der Waals surface area contributed by atoms with Gasteiger partial charge in [0.25, 0.3) is 0 Å². The van der Waals surface area contributed by atoms with Gasteiger partial charge in [-0.25, -0.2) is 0 Å². The van der Waals surface area contributed by atoms with Crippen LogP contribution in [0.4, 0.5) is 0 Å². The predicted molar refractivity (Wildman–Crippen MR) is 58.3 cm³/mol. The Morgan fingerprint density at radius 1 is 1.18 bits per heavy atom. The minimum Gasteiger partial charge on any atom is -0.468 e. The molecule has 6 heteroatoms. The molecular weight excluding hydrogens is 301 g/mol. The molecule has 0 atom stereocenters. The molecule has 0 aliphatic carbocycles. The van der Waals surface area contributed by atoms with E-state index in [0.717, 1.165) is 0 Å². The average Bonchev–Trinajstić information content (AvgIpc) is 2.30. The number of ether oxygens (including phenoxy) is 2. The summed E-state index contributed by atoms with van der Waals surface area (Å²) in [5.41, 5.74) is 0.639. The van der Waals surface area contributed by atoms with Crippen LogP contribution in [0.25, 0.3) is 0 Å². The zero-order valence-electron chi connectivity index (χ0n) is 9.92. The van der Waals surface area contributed by atoms with Crippen LogP contribution in [0.2, 0.25) is 0 Å². The second-order valence-electron chi connectivity index (χ2n) is 2.77. The van der Waals surface area contributed by atoms with Gasteiger partial charge in [0, 0.05) is 45.4 Å². The molecule has 93 valence electrons. The largest absolute Gasteiger partial charge is 0.468 e. The maximum atomic E-state index is 10.8. The minimum absolute atomic E-state index is 0. The molecule has 0 saturated heterocycles. The number of carbonyl (C=O) groups is 1. The summed E-state index contributed by atoms with van der Waals surface area (Å²) < 4.78 is 8.88. The number of hydrogen-bond donors (Lipinski definition) is 2. The molecule has 0 heterocycles. The fourth-order valence-corrected chi connectivity index (χ4v) is 0.860. The summed E-state index contributed by atoms with van der Waals surface area (Å²) in [6, 6.07) is 6.61. The van der Waals surface area contributed by atoms with Crippen LogP contribution >= 0.6 is 0 Å². The smallest absolute Gasteiger partial charge is 0.186 e. The number of aliphatic hydroxyl groups excluding tert-OH is 2. The first-order valence-corrected chi connectivity index (χ1v) is 4.60. The van der Waals surface area contributed by atoms with Gasteiger partial charge in [0.15, 0.2) is 12.6 Å². The van der Waals surface area contributed by atoms with Gasteiger partial charge in [-0.15, -0.1) is 0 Å². The maximum Gasteiger partial charge on any atom is 0.186 e. The van der Waals surface area contributed by atoms with Gasteiger partial charge >= 0.3 is 0 Å². The number of Topliss-reactive ketones (excluding diaryl/α,β-unsaturated/α-hetero) is 1. The van der Waals surface area contributed by atoms with Crippen molar-refractivity contribution in [3.05, 3.63) is 29.8 Å². The third kappa shape index (κ3) is 9.38. The number of methoxy groups -OCH3 is 1. The van der Waals surface area contributed by atoms with Crippen LogP contribution in [0.15, 0.2) is 24.3 Å². The molecule has 0 saturated carbocycles. The molecule has 0 aliphatic rings. The van der Waals surface area contributed by atoms with E-state index in [1.54, 1.807) is 24.3 Å². The summed E-state index contributed by atoms with van der Waals surface area (Å²) in [7, 11) is 1.43. The summed E-state index contributed by atoms with van der Waals surface area (Å²) in [5, 5.41) is 16.1. The Morgan fingerprint density at radius 2 is 1.65 bits per heavy atom. The van der Waals surface area contributed by atoms with Crippen molar-refractivity contribution in [1.82, 2.24) is 0 Å². The van der Waals surface area contributed by atoms with Gasteiger partial charge in [0.05, 0.1) is 0 Å². The van der Waals surface area contributed by atoms with Gasteiger partial charge in [0.1, 0.15) is 12.5 Å². The van der Waals surface area contributed by atoms with Crippen molar-refractivity contribution in [2.24, 2.45) is 0 Å². The zero-order chi connectivity index (χ0) is 12.4. The molecule has 0 unspecified atom stereocenters. The van der Waals surface area contributed by atoms with E-state index in [0.29, 0.717) is 11.3 Å². The third-order valence-corrected chi connectivity index (χ3v) is 1.62. The van der Waals surface area contributed by atoms with Gasteiger partial charge in [-0.2, -0.15) is 0 Å². The van der Waals surface area contributed by atoms with Crippen molar-refractivity contribution in [3.8, 4) is 5.75 Å². The number of rotatable bonds is 4. The average molecular weight is 317 g/mol. The Morgan fingerprint density at radius 3 is 1.94 bits per heavy atom. The van der Waals surface area contributed by atoms with Crippen LogP contribution < -0.4 is 4.74 Å². The van der Waals surface area contributed by atoms with E-state index in [2.05, 4.69) is 4.74 Å². The van der Waals surface area contributed by atoms with Crippen molar-refractivity contribution >= 4 is 5.78 Å². The Kier molecular flexibility index (Phi) is 13.6. The molecule has 0 fully saturated rings. The van der Waals surface area contributed by atoms with Crippen molar-refractivity contribution in [2.45, 2.75) is 6.92 Å². The molecule has 0 aliphatic heterocycles. The summed E-state index contributed by atoms with van der Waals surface area (Å²) in [4.78, 5) is 10.8. The van der Waals surface area contributed by atoms with Crippen molar-refractivity contribution in [3.63, 3.8) is 0 Å². The SMILES string of the molecule is CC(=O)c1ccc(OCO)cc1.COCO.[Y]. The van der Waals surface area contributed by atoms with Crippen molar-refractivity contribution < 1.29 is 57.2 Å². The molecule has 2 N–H and O–H groups in total. The molecule has 1 aromatic carbocycles. The fourth-order valence-electron chi connectivity index (χ4n) is 0.860. The molecular formula is C11H16O5Y. The molecule has 1 rings (SSSR count). The quantitative estimate of drug-likeness (QED) is 0.634. The molecule has 0 aromatic heterocycles. The van der Waals surface area contributed by atoms with E-state index in [-0.39, 0.29) is 52.1 Å². The zero-order valence-corrected chi connectivity index (χ0v) is 12.8. The van der Waals surface area contributed by atoms with Crippen LogP contribution in [-0.4, -0.2) is 36.7 Å². The Bertz CT molecular complexity index is 297. The second-order valence-corrected chi connectivity index (χ2v) is 2.77. The summed E-state index contributed by atoms with van der Waals surface area (Å²) in [6.45, 7) is 0.974. The van der Waals surface area contributed by atoms with Crippen LogP contribution in [0.1, 0.15) is 17.3 Å². The summed E-state index contributed by atoms with van der Waals surface area (Å²) in [5.74, 6) is 0.577. The van der Waals surface area contributed by atoms with Crippen molar-refractivity contribution in [1.29, 1.82) is 0 Å². The fraction of sp³-hybridized carbons (Fsp3) is 0.364. The molecule has 0 spiro atoms.